The first-order valence-corrected chi connectivity index (χ1v) is 6.33. The Hall–Kier alpha value is -1.03. The maximum absolute atomic E-state index is 6.01. The lowest BCUT2D eigenvalue weighted by Gasteiger charge is -2.10. The number of benzene rings is 1. The second kappa shape index (κ2) is 6.42. The number of anilines is 2. The van der Waals surface area contributed by atoms with Crippen molar-refractivity contribution in [1.29, 1.82) is 0 Å². The van der Waals surface area contributed by atoms with Gasteiger partial charge in [0.25, 0.3) is 0 Å². The summed E-state index contributed by atoms with van der Waals surface area (Å²) in [6.07, 6.45) is 0. The van der Waals surface area contributed by atoms with Gasteiger partial charge in [-0.15, -0.1) is 0 Å². The van der Waals surface area contributed by atoms with E-state index in [2.05, 4.69) is 15.3 Å². The molecule has 0 saturated carbocycles. The highest BCUT2D eigenvalue weighted by atomic mass is 35.5. The van der Waals surface area contributed by atoms with Crippen molar-refractivity contribution < 1.29 is 0 Å². The third-order valence-electron chi connectivity index (χ3n) is 2.55. The van der Waals surface area contributed by atoms with E-state index in [1.54, 1.807) is 0 Å². The molecule has 0 aliphatic heterocycles. The minimum atomic E-state index is 0. The molecule has 0 bridgehead atoms. The average molecular weight is 319 g/mol. The molecular weight excluding hydrogens is 305 g/mol. The van der Waals surface area contributed by atoms with Gasteiger partial charge in [-0.3, -0.25) is 0 Å². The zero-order valence-electron chi connectivity index (χ0n) is 9.76. The van der Waals surface area contributed by atoms with Crippen molar-refractivity contribution >= 4 is 46.3 Å². The summed E-state index contributed by atoms with van der Waals surface area (Å²) in [7, 11) is 0. The van der Waals surface area contributed by atoms with Crippen LogP contribution in [-0.2, 0) is 0 Å². The Kier molecular flexibility index (Phi) is 5.41. The van der Waals surface area contributed by atoms with Crippen LogP contribution in [0.4, 0.5) is 11.5 Å². The summed E-state index contributed by atoms with van der Waals surface area (Å²) >= 11 is 17.6. The summed E-state index contributed by atoms with van der Waals surface area (Å²) < 4.78 is 0. The van der Waals surface area contributed by atoms with Crippen LogP contribution in [0.3, 0.4) is 0 Å². The van der Waals surface area contributed by atoms with Crippen molar-refractivity contribution in [3.8, 4) is 0 Å². The third-order valence-corrected chi connectivity index (χ3v) is 3.45. The summed E-state index contributed by atoms with van der Waals surface area (Å²) in [4.78, 5) is 7.76. The van der Waals surface area contributed by atoms with Crippen molar-refractivity contribution in [2.45, 2.75) is 21.3 Å². The van der Waals surface area contributed by atoms with Crippen molar-refractivity contribution in [2.24, 2.45) is 0 Å². The molecule has 1 heterocycles. The van der Waals surface area contributed by atoms with Gasteiger partial charge in [0.05, 0.1) is 0 Å². The number of hydrogen-bond acceptors (Lipinski definition) is 3. The molecule has 1 aromatic carbocycles. The molecule has 0 unspecified atom stereocenters. The molecule has 3 nitrogen and oxygen atoms in total. The second-order valence-electron chi connectivity index (χ2n) is 3.87. The molecule has 0 aliphatic carbocycles. The van der Waals surface area contributed by atoms with Crippen LogP contribution in [0.1, 0.15) is 18.6 Å². The number of aryl methyl sites for hydroxylation is 2. The minimum Gasteiger partial charge on any atom is -0.339 e. The third kappa shape index (κ3) is 3.72. The van der Waals surface area contributed by atoms with E-state index in [-0.39, 0.29) is 22.9 Å². The lowest BCUT2D eigenvalue weighted by atomic mass is 10.1. The van der Waals surface area contributed by atoms with Crippen molar-refractivity contribution in [3.63, 3.8) is 0 Å². The first kappa shape index (κ1) is 16.0. The number of nitrogens with zero attached hydrogens (tertiary/aromatic N) is 2. The van der Waals surface area contributed by atoms with Crippen molar-refractivity contribution in [1.82, 2.24) is 9.97 Å². The molecule has 102 valence electrons. The SMILES string of the molecule is C.Cc1ccc(Nc2nc(Cl)nc(Cl)c2Cl)cc1C. The molecule has 19 heavy (non-hydrogen) atoms. The van der Waals surface area contributed by atoms with E-state index in [9.17, 15) is 0 Å². The molecule has 2 rings (SSSR count). The fourth-order valence-corrected chi connectivity index (χ4v) is 1.95. The molecule has 0 amide bonds. The molecule has 1 N–H and O–H groups in total. The Labute approximate surface area is 127 Å². The molecule has 1 aromatic heterocycles. The van der Waals surface area contributed by atoms with Gasteiger partial charge in [-0.25, -0.2) is 4.98 Å². The average Bonchev–Trinajstić information content (AvgIpc) is 2.30. The number of nitrogens with one attached hydrogen (secondary N) is 1. The van der Waals surface area contributed by atoms with Crippen LogP contribution in [0, 0.1) is 13.8 Å². The van der Waals surface area contributed by atoms with E-state index in [0.29, 0.717) is 5.82 Å². The van der Waals surface area contributed by atoms with Crippen LogP contribution in [0.25, 0.3) is 0 Å². The highest BCUT2D eigenvalue weighted by Gasteiger charge is 2.10. The van der Waals surface area contributed by atoms with E-state index in [4.69, 9.17) is 34.8 Å². The van der Waals surface area contributed by atoms with Crippen molar-refractivity contribution in [3.05, 3.63) is 44.8 Å². The molecule has 6 heteroatoms. The van der Waals surface area contributed by atoms with Crippen LogP contribution in [0.15, 0.2) is 18.2 Å². The predicted octanol–water partition coefficient (Wildman–Crippen LogP) is 5.43. The summed E-state index contributed by atoms with van der Waals surface area (Å²) in [5.74, 6) is 0.393. The Morgan fingerprint density at radius 3 is 2.32 bits per heavy atom. The van der Waals surface area contributed by atoms with Gasteiger partial charge in [-0.2, -0.15) is 4.98 Å². The van der Waals surface area contributed by atoms with Crippen LogP contribution < -0.4 is 5.32 Å². The van der Waals surface area contributed by atoms with Crippen LogP contribution in [0.2, 0.25) is 15.5 Å². The van der Waals surface area contributed by atoms with Gasteiger partial charge < -0.3 is 5.32 Å². The molecule has 0 fully saturated rings. The Morgan fingerprint density at radius 2 is 1.68 bits per heavy atom. The Bertz CT molecular complexity index is 600. The molecule has 0 radical (unpaired) electrons. The predicted molar refractivity (Wildman–Crippen MR) is 83.0 cm³/mol. The maximum Gasteiger partial charge on any atom is 0.225 e. The van der Waals surface area contributed by atoms with Crippen LogP contribution >= 0.6 is 34.8 Å². The fraction of sp³-hybridized carbons (Fsp3) is 0.231. The topological polar surface area (TPSA) is 37.8 Å². The number of rotatable bonds is 2. The van der Waals surface area contributed by atoms with Gasteiger partial charge in [-0.1, -0.05) is 36.7 Å². The molecule has 2 aromatic rings. The van der Waals surface area contributed by atoms with Gasteiger partial charge in [0.1, 0.15) is 5.02 Å². The molecule has 0 spiro atoms. The minimum absolute atomic E-state index is 0. The maximum atomic E-state index is 6.01. The summed E-state index contributed by atoms with van der Waals surface area (Å²) in [6, 6.07) is 5.94. The van der Waals surface area contributed by atoms with E-state index in [1.807, 2.05) is 32.0 Å². The van der Waals surface area contributed by atoms with Gasteiger partial charge in [0.2, 0.25) is 5.28 Å². The summed E-state index contributed by atoms with van der Waals surface area (Å²) in [5, 5.41) is 3.50. The number of hydrogen-bond donors (Lipinski definition) is 1. The summed E-state index contributed by atoms with van der Waals surface area (Å²) in [5.41, 5.74) is 3.25. The fourth-order valence-electron chi connectivity index (χ4n) is 1.43. The zero-order chi connectivity index (χ0) is 13.3. The highest BCUT2D eigenvalue weighted by Crippen LogP contribution is 2.30. The van der Waals surface area contributed by atoms with Crippen molar-refractivity contribution in [2.75, 3.05) is 5.32 Å². The lowest BCUT2D eigenvalue weighted by molar-refractivity contribution is 1.17. The smallest absolute Gasteiger partial charge is 0.225 e. The number of halogens is 3. The zero-order valence-corrected chi connectivity index (χ0v) is 12.0. The quantitative estimate of drug-likeness (QED) is 0.592. The first-order chi connectivity index (χ1) is 8.47. The van der Waals surface area contributed by atoms with Crippen LogP contribution in [0.5, 0.6) is 0 Å². The van der Waals surface area contributed by atoms with Gasteiger partial charge in [0, 0.05) is 5.69 Å². The lowest BCUT2D eigenvalue weighted by Crippen LogP contribution is -1.98. The first-order valence-electron chi connectivity index (χ1n) is 5.20. The summed E-state index contributed by atoms with van der Waals surface area (Å²) in [6.45, 7) is 4.08. The van der Waals surface area contributed by atoms with Crippen LogP contribution in [-0.4, -0.2) is 9.97 Å². The van der Waals surface area contributed by atoms with E-state index >= 15 is 0 Å². The molecular formula is C13H14Cl3N3. The van der Waals surface area contributed by atoms with E-state index < -0.39 is 0 Å². The van der Waals surface area contributed by atoms with E-state index in [1.165, 1.54) is 11.1 Å². The van der Waals surface area contributed by atoms with Gasteiger partial charge in [-0.05, 0) is 48.7 Å². The van der Waals surface area contributed by atoms with Gasteiger partial charge in [0.15, 0.2) is 11.0 Å². The normalized spacial score (nSPS) is 9.95. The molecule has 0 aliphatic rings. The number of aromatic nitrogens is 2. The van der Waals surface area contributed by atoms with E-state index in [0.717, 1.165) is 5.69 Å². The Morgan fingerprint density at radius 1 is 1.00 bits per heavy atom. The molecule has 0 saturated heterocycles. The molecule has 0 atom stereocenters. The second-order valence-corrected chi connectivity index (χ2v) is 4.94. The van der Waals surface area contributed by atoms with Gasteiger partial charge >= 0.3 is 0 Å². The Balaban J connectivity index is 0.00000180. The standard InChI is InChI=1S/C12H10Cl3N3.CH4/c1-6-3-4-8(5-7(6)2)16-11-9(13)10(14)17-12(15)18-11;/h3-5H,1-2H3,(H,16,17,18);1H4. The largest absolute Gasteiger partial charge is 0.339 e. The highest BCUT2D eigenvalue weighted by molar-refractivity contribution is 6.43. The monoisotopic (exact) mass is 317 g/mol.